The van der Waals surface area contributed by atoms with Crippen LogP contribution in [0.4, 0.5) is 0 Å². The van der Waals surface area contributed by atoms with E-state index in [-0.39, 0.29) is 0 Å². The second kappa shape index (κ2) is 7.32. The van der Waals surface area contributed by atoms with Crippen LogP contribution in [0.25, 0.3) is 10.8 Å². The molecule has 0 aliphatic carbocycles. The Morgan fingerprint density at radius 2 is 1.64 bits per heavy atom. The summed E-state index contributed by atoms with van der Waals surface area (Å²) in [5.41, 5.74) is 1.43. The molecule has 0 bridgehead atoms. The zero-order chi connectivity index (χ0) is 17.1. The minimum Gasteiger partial charge on any atom is -0.494 e. The predicted molar refractivity (Wildman–Crippen MR) is 103 cm³/mol. The number of nitrogens with zero attached hydrogens (tertiary/aromatic N) is 2. The van der Waals surface area contributed by atoms with Gasteiger partial charge in [0.1, 0.15) is 0 Å². The zero-order valence-electron chi connectivity index (χ0n) is 14.6. The van der Waals surface area contributed by atoms with Crippen LogP contribution >= 0.6 is 0 Å². The van der Waals surface area contributed by atoms with Gasteiger partial charge in [-0.15, -0.1) is 0 Å². The molecule has 2 heterocycles. The van der Waals surface area contributed by atoms with Crippen LogP contribution < -0.4 is 0 Å². The molecule has 25 heavy (non-hydrogen) atoms. The molecule has 1 aromatic heterocycles. The first kappa shape index (κ1) is 16.2. The maximum absolute atomic E-state index is 10.5. The normalized spacial score (nSPS) is 16.5. The molecule has 0 radical (unpaired) electrons. The van der Waals surface area contributed by atoms with Crippen LogP contribution in [0.15, 0.2) is 60.8 Å². The van der Waals surface area contributed by atoms with Gasteiger partial charge in [-0.1, -0.05) is 48.5 Å². The summed E-state index contributed by atoms with van der Waals surface area (Å²) in [4.78, 5) is 2.57. The Labute approximate surface area is 149 Å². The fourth-order valence-electron chi connectivity index (χ4n) is 4.01. The number of fused-ring (bicyclic) bond motifs is 1. The number of aryl methyl sites for hydroxylation is 1. The van der Waals surface area contributed by atoms with Gasteiger partial charge in [0.05, 0.1) is 0 Å². The molecule has 1 aliphatic heterocycles. The summed E-state index contributed by atoms with van der Waals surface area (Å²) in [6.45, 7) is 3.40. The van der Waals surface area contributed by atoms with Gasteiger partial charge in [0.2, 0.25) is 0 Å². The minimum atomic E-state index is 0.415. The first-order valence-electron chi connectivity index (χ1n) is 9.36. The topological polar surface area (TPSA) is 28.4 Å². The molecule has 0 spiro atoms. The molecule has 0 saturated carbocycles. The van der Waals surface area contributed by atoms with Crippen molar-refractivity contribution in [2.45, 2.75) is 31.7 Å². The van der Waals surface area contributed by atoms with Crippen LogP contribution in [0.3, 0.4) is 0 Å². The lowest BCUT2D eigenvalue weighted by molar-refractivity contribution is 0.180. The van der Waals surface area contributed by atoms with Gasteiger partial charge in [-0.25, -0.2) is 0 Å². The first-order valence-corrected chi connectivity index (χ1v) is 9.36. The highest BCUT2D eigenvalue weighted by Gasteiger charge is 2.22. The fraction of sp³-hybridized carbons (Fsp3) is 0.364. The fourth-order valence-corrected chi connectivity index (χ4v) is 4.01. The number of rotatable bonds is 5. The van der Waals surface area contributed by atoms with Crippen molar-refractivity contribution >= 4 is 10.8 Å². The average Bonchev–Trinajstić information content (AvgIpc) is 3.00. The van der Waals surface area contributed by atoms with Crippen LogP contribution in [-0.4, -0.2) is 34.2 Å². The van der Waals surface area contributed by atoms with E-state index in [0.717, 1.165) is 43.1 Å². The standard InChI is InChI=1S/C22H26N2O/c25-22-21-11-5-4-10-19(21)17-24(22)20-12-15-23(16-13-20)14-6-9-18-7-2-1-3-8-18/h1-5,7-8,10-11,17,20,25H,6,9,12-16H2. The first-order chi connectivity index (χ1) is 12.3. The van der Waals surface area contributed by atoms with Crippen LogP contribution in [0.5, 0.6) is 5.88 Å². The van der Waals surface area contributed by atoms with Crippen molar-refractivity contribution < 1.29 is 5.11 Å². The number of likely N-dealkylation sites (tertiary alicyclic amines) is 1. The Morgan fingerprint density at radius 3 is 2.40 bits per heavy atom. The summed E-state index contributed by atoms with van der Waals surface area (Å²) >= 11 is 0. The molecule has 130 valence electrons. The van der Waals surface area contributed by atoms with Crippen molar-refractivity contribution in [1.29, 1.82) is 0 Å². The summed E-state index contributed by atoms with van der Waals surface area (Å²) in [5, 5.41) is 12.6. The summed E-state index contributed by atoms with van der Waals surface area (Å²) < 4.78 is 2.09. The van der Waals surface area contributed by atoms with E-state index >= 15 is 0 Å². The molecule has 1 saturated heterocycles. The van der Waals surface area contributed by atoms with Gasteiger partial charge >= 0.3 is 0 Å². The monoisotopic (exact) mass is 334 g/mol. The summed E-state index contributed by atoms with van der Waals surface area (Å²) in [6, 6.07) is 19.2. The number of aromatic hydroxyl groups is 1. The molecule has 0 amide bonds. The number of hydrogen-bond donors (Lipinski definition) is 1. The van der Waals surface area contributed by atoms with Crippen molar-refractivity contribution in [3.05, 3.63) is 66.4 Å². The second-order valence-electron chi connectivity index (χ2n) is 7.11. The molecule has 1 fully saturated rings. The highest BCUT2D eigenvalue weighted by Crippen LogP contribution is 2.33. The zero-order valence-corrected chi connectivity index (χ0v) is 14.6. The van der Waals surface area contributed by atoms with Crippen molar-refractivity contribution in [2.75, 3.05) is 19.6 Å². The summed E-state index contributed by atoms with van der Waals surface area (Å²) in [5.74, 6) is 0.429. The molecule has 2 aromatic carbocycles. The van der Waals surface area contributed by atoms with Gasteiger partial charge in [0.25, 0.3) is 0 Å². The van der Waals surface area contributed by atoms with Crippen LogP contribution in [0.1, 0.15) is 30.9 Å². The number of hydrogen-bond acceptors (Lipinski definition) is 2. The molecule has 0 unspecified atom stereocenters. The third-order valence-electron chi connectivity index (χ3n) is 5.46. The Kier molecular flexibility index (Phi) is 4.75. The van der Waals surface area contributed by atoms with E-state index in [1.165, 1.54) is 18.5 Å². The molecule has 3 heteroatoms. The van der Waals surface area contributed by atoms with Crippen molar-refractivity contribution in [1.82, 2.24) is 9.47 Å². The van der Waals surface area contributed by atoms with E-state index < -0.39 is 0 Å². The largest absolute Gasteiger partial charge is 0.494 e. The maximum Gasteiger partial charge on any atom is 0.199 e. The lowest BCUT2D eigenvalue weighted by atomic mass is 10.0. The molecule has 0 atom stereocenters. The van der Waals surface area contributed by atoms with Gasteiger partial charge < -0.3 is 14.6 Å². The predicted octanol–water partition coefficient (Wildman–Crippen LogP) is 4.62. The molecule has 3 aromatic rings. The molecule has 3 nitrogen and oxygen atoms in total. The molecule has 1 aliphatic rings. The third-order valence-corrected chi connectivity index (χ3v) is 5.46. The van der Waals surface area contributed by atoms with Crippen LogP contribution in [-0.2, 0) is 6.42 Å². The van der Waals surface area contributed by atoms with Crippen molar-refractivity contribution in [2.24, 2.45) is 0 Å². The lowest BCUT2D eigenvalue weighted by Crippen LogP contribution is -2.35. The molecular formula is C22H26N2O. The summed E-state index contributed by atoms with van der Waals surface area (Å²) in [7, 11) is 0. The lowest BCUT2D eigenvalue weighted by Gasteiger charge is -2.33. The number of piperidine rings is 1. The van der Waals surface area contributed by atoms with Gasteiger partial charge in [0, 0.05) is 36.1 Å². The molecule has 1 N–H and O–H groups in total. The Morgan fingerprint density at radius 1 is 0.920 bits per heavy atom. The Bertz CT molecular complexity index is 816. The smallest absolute Gasteiger partial charge is 0.199 e. The SMILES string of the molecule is Oc1c2ccccc2cn1C1CCN(CCCc2ccccc2)CC1. The summed E-state index contributed by atoms with van der Waals surface area (Å²) in [6.07, 6.45) is 6.71. The minimum absolute atomic E-state index is 0.415. The van der Waals surface area contributed by atoms with E-state index in [9.17, 15) is 5.11 Å². The van der Waals surface area contributed by atoms with E-state index in [2.05, 4.69) is 52.1 Å². The van der Waals surface area contributed by atoms with E-state index in [0.29, 0.717) is 11.9 Å². The van der Waals surface area contributed by atoms with E-state index in [1.54, 1.807) is 0 Å². The highest BCUT2D eigenvalue weighted by atomic mass is 16.3. The van der Waals surface area contributed by atoms with Crippen LogP contribution in [0, 0.1) is 0 Å². The Hall–Kier alpha value is -2.26. The van der Waals surface area contributed by atoms with E-state index in [4.69, 9.17) is 0 Å². The van der Waals surface area contributed by atoms with Gasteiger partial charge in [0.15, 0.2) is 5.88 Å². The number of benzene rings is 2. The van der Waals surface area contributed by atoms with Gasteiger partial charge in [-0.2, -0.15) is 0 Å². The average molecular weight is 334 g/mol. The van der Waals surface area contributed by atoms with E-state index in [1.807, 2.05) is 18.2 Å². The maximum atomic E-state index is 10.5. The quantitative estimate of drug-likeness (QED) is 0.738. The highest BCUT2D eigenvalue weighted by molar-refractivity contribution is 5.87. The van der Waals surface area contributed by atoms with Crippen molar-refractivity contribution in [3.8, 4) is 5.88 Å². The molecule has 4 rings (SSSR count). The van der Waals surface area contributed by atoms with Crippen LogP contribution in [0.2, 0.25) is 0 Å². The second-order valence-corrected chi connectivity index (χ2v) is 7.11. The molecular weight excluding hydrogens is 308 g/mol. The number of aromatic nitrogens is 1. The van der Waals surface area contributed by atoms with Gasteiger partial charge in [-0.3, -0.25) is 0 Å². The third kappa shape index (κ3) is 3.57. The Balaban J connectivity index is 1.31. The van der Waals surface area contributed by atoms with Crippen molar-refractivity contribution in [3.63, 3.8) is 0 Å². The van der Waals surface area contributed by atoms with Gasteiger partial charge in [-0.05, 0) is 43.9 Å².